The van der Waals surface area contributed by atoms with Crippen LogP contribution in [0.3, 0.4) is 0 Å². The highest BCUT2D eigenvalue weighted by Gasteiger charge is 2.30. The van der Waals surface area contributed by atoms with E-state index in [9.17, 15) is 18.0 Å². The number of nitrogens with zero attached hydrogens (tertiary/aromatic N) is 1. The van der Waals surface area contributed by atoms with Crippen LogP contribution in [-0.2, 0) is 17.5 Å². The van der Waals surface area contributed by atoms with Crippen LogP contribution in [-0.4, -0.2) is 31.5 Å². The van der Waals surface area contributed by atoms with Crippen molar-refractivity contribution in [3.8, 4) is 0 Å². The van der Waals surface area contributed by atoms with Crippen LogP contribution in [0.5, 0.6) is 0 Å². The number of nitrogens with one attached hydrogen (secondary N) is 3. The molecule has 138 valence electrons. The van der Waals surface area contributed by atoms with Gasteiger partial charge in [-0.3, -0.25) is 4.79 Å². The van der Waals surface area contributed by atoms with Gasteiger partial charge < -0.3 is 16.0 Å². The molecule has 3 N–H and O–H groups in total. The van der Waals surface area contributed by atoms with Crippen LogP contribution in [0.2, 0.25) is 0 Å². The fourth-order valence-corrected chi connectivity index (χ4v) is 2.21. The molecule has 1 fully saturated rings. The van der Waals surface area contributed by atoms with E-state index in [0.29, 0.717) is 31.2 Å². The Kier molecular flexibility index (Phi) is 6.66. The number of rotatable bonds is 7. The number of halogens is 3. The number of hydrogen-bond donors (Lipinski definition) is 3. The molecule has 1 aliphatic rings. The molecule has 1 aromatic carbocycles. The van der Waals surface area contributed by atoms with Gasteiger partial charge in [-0.25, -0.2) is 4.99 Å². The maximum atomic E-state index is 12.7. The van der Waals surface area contributed by atoms with E-state index in [4.69, 9.17) is 0 Å². The summed E-state index contributed by atoms with van der Waals surface area (Å²) in [7, 11) is 0. The third kappa shape index (κ3) is 6.64. The Morgan fingerprint density at radius 3 is 2.56 bits per heavy atom. The second-order valence-electron chi connectivity index (χ2n) is 5.89. The lowest BCUT2D eigenvalue weighted by molar-refractivity contribution is -0.137. The summed E-state index contributed by atoms with van der Waals surface area (Å²) >= 11 is 0. The van der Waals surface area contributed by atoms with Crippen molar-refractivity contribution in [1.29, 1.82) is 0 Å². The average Bonchev–Trinajstić information content (AvgIpc) is 3.40. The molecule has 0 heterocycles. The molecule has 0 aromatic heterocycles. The van der Waals surface area contributed by atoms with Crippen LogP contribution in [0, 0.1) is 5.92 Å². The predicted molar refractivity (Wildman–Crippen MR) is 90.0 cm³/mol. The molecule has 25 heavy (non-hydrogen) atoms. The summed E-state index contributed by atoms with van der Waals surface area (Å²) in [6.45, 7) is 3.63. The monoisotopic (exact) mass is 356 g/mol. The van der Waals surface area contributed by atoms with Crippen LogP contribution < -0.4 is 16.0 Å². The summed E-state index contributed by atoms with van der Waals surface area (Å²) in [5.74, 6) is 0.746. The first-order chi connectivity index (χ1) is 11.9. The van der Waals surface area contributed by atoms with Crippen LogP contribution in [0.1, 0.15) is 30.9 Å². The molecular weight excluding hydrogens is 333 g/mol. The van der Waals surface area contributed by atoms with Crippen molar-refractivity contribution in [2.24, 2.45) is 10.9 Å². The van der Waals surface area contributed by atoms with Gasteiger partial charge in [-0.2, -0.15) is 13.2 Å². The maximum absolute atomic E-state index is 12.7. The van der Waals surface area contributed by atoms with Gasteiger partial charge >= 0.3 is 6.18 Å². The van der Waals surface area contributed by atoms with E-state index >= 15 is 0 Å². The number of aliphatic imine (C=N–C) groups is 1. The largest absolute Gasteiger partial charge is 0.416 e. The molecule has 0 unspecified atom stereocenters. The summed E-state index contributed by atoms with van der Waals surface area (Å²) in [6.07, 6.45) is -2.44. The van der Waals surface area contributed by atoms with Crippen molar-refractivity contribution in [2.45, 2.75) is 32.5 Å². The Morgan fingerprint density at radius 2 is 1.92 bits per heavy atom. The lowest BCUT2D eigenvalue weighted by Gasteiger charge is -2.12. The molecule has 0 spiro atoms. The van der Waals surface area contributed by atoms with Gasteiger partial charge in [0.05, 0.1) is 12.1 Å². The van der Waals surface area contributed by atoms with Gasteiger partial charge in [0.1, 0.15) is 0 Å². The molecular formula is C17H23F3N4O. The topological polar surface area (TPSA) is 65.5 Å². The van der Waals surface area contributed by atoms with E-state index in [0.717, 1.165) is 25.0 Å². The molecule has 1 saturated carbocycles. The second kappa shape index (κ2) is 8.73. The van der Waals surface area contributed by atoms with Gasteiger partial charge in [0.25, 0.3) is 0 Å². The molecule has 1 aliphatic carbocycles. The van der Waals surface area contributed by atoms with Gasteiger partial charge in [-0.05, 0) is 37.5 Å². The van der Waals surface area contributed by atoms with Crippen molar-refractivity contribution < 1.29 is 18.0 Å². The summed E-state index contributed by atoms with van der Waals surface area (Å²) in [5.41, 5.74) is -0.199. The Morgan fingerprint density at radius 1 is 1.20 bits per heavy atom. The van der Waals surface area contributed by atoms with E-state index in [1.54, 1.807) is 6.07 Å². The Balaban J connectivity index is 1.84. The quantitative estimate of drug-likeness (QED) is 0.399. The smallest absolute Gasteiger partial charge is 0.357 e. The van der Waals surface area contributed by atoms with Gasteiger partial charge in [-0.1, -0.05) is 12.1 Å². The van der Waals surface area contributed by atoms with E-state index < -0.39 is 11.7 Å². The molecule has 0 bridgehead atoms. The lowest BCUT2D eigenvalue weighted by Crippen LogP contribution is -2.41. The van der Waals surface area contributed by atoms with E-state index in [-0.39, 0.29) is 18.4 Å². The zero-order valence-corrected chi connectivity index (χ0v) is 14.1. The van der Waals surface area contributed by atoms with Crippen molar-refractivity contribution in [1.82, 2.24) is 16.0 Å². The van der Waals surface area contributed by atoms with Crippen LogP contribution in [0.4, 0.5) is 13.2 Å². The maximum Gasteiger partial charge on any atom is 0.416 e. The summed E-state index contributed by atoms with van der Waals surface area (Å²) < 4.78 is 38.2. The molecule has 1 amide bonds. The highest BCUT2D eigenvalue weighted by Crippen LogP contribution is 2.29. The molecule has 0 radical (unpaired) electrons. The minimum absolute atomic E-state index is 0.0766. The molecule has 0 atom stereocenters. The summed E-state index contributed by atoms with van der Waals surface area (Å²) in [5, 5.41) is 8.91. The SMILES string of the molecule is CCNC(=NCc1cccc(C(F)(F)F)c1)NCCNC(=O)C1CC1. The predicted octanol–water partition coefficient (Wildman–Crippen LogP) is 2.29. The first-order valence-electron chi connectivity index (χ1n) is 8.36. The van der Waals surface area contributed by atoms with E-state index in [2.05, 4.69) is 20.9 Å². The lowest BCUT2D eigenvalue weighted by atomic mass is 10.1. The third-order valence-electron chi connectivity index (χ3n) is 3.68. The normalized spacial score (nSPS) is 15.0. The average molecular weight is 356 g/mol. The van der Waals surface area contributed by atoms with Crippen LogP contribution in [0.15, 0.2) is 29.3 Å². The van der Waals surface area contributed by atoms with E-state index in [1.807, 2.05) is 6.92 Å². The molecule has 8 heteroatoms. The second-order valence-corrected chi connectivity index (χ2v) is 5.89. The van der Waals surface area contributed by atoms with Gasteiger partial charge in [0.15, 0.2) is 5.96 Å². The standard InChI is InChI=1S/C17H23F3N4O/c1-2-21-16(23-9-8-22-15(25)13-6-7-13)24-11-12-4-3-5-14(10-12)17(18,19)20/h3-5,10,13H,2,6-9,11H2,1H3,(H,22,25)(H2,21,23,24). The zero-order valence-electron chi connectivity index (χ0n) is 14.1. The van der Waals surface area contributed by atoms with Crippen molar-refractivity contribution >= 4 is 11.9 Å². The molecule has 2 rings (SSSR count). The Labute approximate surface area is 145 Å². The first-order valence-corrected chi connectivity index (χ1v) is 8.36. The highest BCUT2D eigenvalue weighted by atomic mass is 19.4. The molecule has 5 nitrogen and oxygen atoms in total. The number of guanidine groups is 1. The van der Waals surface area contributed by atoms with Gasteiger partial charge in [0, 0.05) is 25.6 Å². The van der Waals surface area contributed by atoms with Crippen LogP contribution >= 0.6 is 0 Å². The van der Waals surface area contributed by atoms with E-state index in [1.165, 1.54) is 6.07 Å². The number of alkyl halides is 3. The van der Waals surface area contributed by atoms with Gasteiger partial charge in [0.2, 0.25) is 5.91 Å². The molecule has 1 aromatic rings. The van der Waals surface area contributed by atoms with Crippen LogP contribution in [0.25, 0.3) is 0 Å². The number of amides is 1. The minimum Gasteiger partial charge on any atom is -0.357 e. The zero-order chi connectivity index (χ0) is 18.3. The molecule has 0 saturated heterocycles. The fraction of sp³-hybridized carbons (Fsp3) is 0.529. The molecule has 0 aliphatic heterocycles. The van der Waals surface area contributed by atoms with Gasteiger partial charge in [-0.15, -0.1) is 0 Å². The summed E-state index contributed by atoms with van der Waals surface area (Å²) in [4.78, 5) is 15.8. The number of hydrogen-bond acceptors (Lipinski definition) is 2. The van der Waals surface area contributed by atoms with Crippen molar-refractivity contribution in [2.75, 3.05) is 19.6 Å². The third-order valence-corrected chi connectivity index (χ3v) is 3.68. The first kappa shape index (κ1) is 19.1. The fourth-order valence-electron chi connectivity index (χ4n) is 2.21. The van der Waals surface area contributed by atoms with Crippen molar-refractivity contribution in [3.63, 3.8) is 0 Å². The summed E-state index contributed by atoms with van der Waals surface area (Å²) in [6, 6.07) is 5.13. The number of benzene rings is 1. The minimum atomic E-state index is -4.36. The number of carbonyl (C=O) groups excluding carboxylic acids is 1. The highest BCUT2D eigenvalue weighted by molar-refractivity contribution is 5.81. The van der Waals surface area contributed by atoms with Crippen molar-refractivity contribution in [3.05, 3.63) is 35.4 Å². The Bertz CT molecular complexity index is 612. The number of carbonyl (C=O) groups is 1. The Hall–Kier alpha value is -2.25.